The number of hydrogen-bond acceptors (Lipinski definition) is 5. The van der Waals surface area contributed by atoms with Gasteiger partial charge >= 0.3 is 12.1 Å². The van der Waals surface area contributed by atoms with Crippen molar-refractivity contribution in [2.75, 3.05) is 6.61 Å². The second-order valence-electron chi connectivity index (χ2n) is 9.55. The number of rotatable bonds is 10. The van der Waals surface area contributed by atoms with Crippen LogP contribution in [0.3, 0.4) is 0 Å². The van der Waals surface area contributed by atoms with E-state index in [9.17, 15) is 33.3 Å². The maximum absolute atomic E-state index is 13.5. The average molecular weight is 542 g/mol. The maximum atomic E-state index is 13.5. The molecule has 6 nitrogen and oxygen atoms in total. The highest BCUT2D eigenvalue weighted by atomic mass is 19.4. The van der Waals surface area contributed by atoms with Crippen LogP contribution in [0.25, 0.3) is 10.9 Å². The number of carbonyl (C=O) groups is 1. The van der Waals surface area contributed by atoms with E-state index < -0.39 is 23.8 Å². The van der Waals surface area contributed by atoms with E-state index in [1.165, 1.54) is 6.07 Å². The van der Waals surface area contributed by atoms with Crippen LogP contribution >= 0.6 is 0 Å². The molecule has 206 valence electrons. The van der Waals surface area contributed by atoms with Crippen LogP contribution in [0.2, 0.25) is 0 Å². The molecule has 9 heteroatoms. The summed E-state index contributed by atoms with van der Waals surface area (Å²) in [6.45, 7) is 1.68. The van der Waals surface area contributed by atoms with Crippen LogP contribution in [-0.2, 0) is 30.3 Å². The Morgan fingerprint density at radius 3 is 2.36 bits per heavy atom. The molecule has 0 fully saturated rings. The van der Waals surface area contributed by atoms with Crippen molar-refractivity contribution in [1.29, 1.82) is 0 Å². The molecule has 4 aromatic rings. The monoisotopic (exact) mass is 541 g/mol. The number of aryl methyl sites for hydroxylation is 1. The van der Waals surface area contributed by atoms with Gasteiger partial charge in [0.15, 0.2) is 0 Å². The minimum atomic E-state index is -4.57. The predicted octanol–water partition coefficient (Wildman–Crippen LogP) is 6.22. The van der Waals surface area contributed by atoms with Crippen LogP contribution in [0.5, 0.6) is 11.5 Å². The average Bonchev–Trinajstić information content (AvgIpc) is 3.24. The van der Waals surface area contributed by atoms with Crippen molar-refractivity contribution in [3.8, 4) is 11.5 Å². The fourth-order valence-corrected chi connectivity index (χ4v) is 4.54. The molecule has 0 aliphatic heterocycles. The highest BCUT2D eigenvalue weighted by molar-refractivity contribution is 5.89. The van der Waals surface area contributed by atoms with Crippen molar-refractivity contribution in [2.24, 2.45) is 0 Å². The minimum Gasteiger partial charge on any atom is -0.507 e. The molecular weight excluding hydrogens is 511 g/mol. The third-order valence-electron chi connectivity index (χ3n) is 6.57. The number of hydrogen-bond donors (Lipinski definition) is 3. The van der Waals surface area contributed by atoms with E-state index in [1.54, 1.807) is 53.2 Å². The number of aliphatic hydroxyl groups excluding tert-OH is 1. The van der Waals surface area contributed by atoms with Crippen LogP contribution in [0.1, 0.15) is 52.4 Å². The first-order valence-corrected chi connectivity index (χ1v) is 12.7. The Hall–Kier alpha value is -3.98. The van der Waals surface area contributed by atoms with Gasteiger partial charge in [-0.2, -0.15) is 13.2 Å². The molecule has 0 spiro atoms. The quantitative estimate of drug-likeness (QED) is 0.207. The number of aromatic hydroxyl groups is 2. The Labute approximate surface area is 223 Å². The number of halogens is 3. The fraction of sp³-hybridized carbons (Fsp3) is 0.300. The zero-order valence-electron chi connectivity index (χ0n) is 21.4. The first kappa shape index (κ1) is 28.0. The largest absolute Gasteiger partial charge is 0.507 e. The van der Waals surface area contributed by atoms with E-state index in [-0.39, 0.29) is 42.0 Å². The SMILES string of the molecule is CCCCc1cc(O)c(Cn2cc(CC(O)COC(=O)c3ccccc3)c3cc(C(F)(F)F)ccc32)c(O)c1. The molecule has 3 N–H and O–H groups in total. The van der Waals surface area contributed by atoms with Gasteiger partial charge < -0.3 is 24.6 Å². The normalized spacial score (nSPS) is 12.5. The van der Waals surface area contributed by atoms with Gasteiger partial charge in [0.1, 0.15) is 18.1 Å². The molecule has 1 atom stereocenters. The summed E-state index contributed by atoms with van der Waals surface area (Å²) in [5.41, 5.74) is 1.33. The second-order valence-corrected chi connectivity index (χ2v) is 9.55. The summed E-state index contributed by atoms with van der Waals surface area (Å²) < 4.78 is 47.3. The minimum absolute atomic E-state index is 0.00726. The molecule has 0 aliphatic rings. The van der Waals surface area contributed by atoms with E-state index in [1.807, 2.05) is 6.92 Å². The molecule has 0 radical (unpaired) electrons. The molecule has 0 saturated carbocycles. The molecule has 0 saturated heterocycles. The van der Waals surface area contributed by atoms with Gasteiger partial charge in [0.2, 0.25) is 0 Å². The van der Waals surface area contributed by atoms with Crippen LogP contribution < -0.4 is 0 Å². The van der Waals surface area contributed by atoms with Crippen molar-refractivity contribution in [3.05, 3.63) is 94.7 Å². The Balaban J connectivity index is 1.61. The van der Waals surface area contributed by atoms with Crippen molar-refractivity contribution in [2.45, 2.75) is 51.4 Å². The Morgan fingerprint density at radius 2 is 1.72 bits per heavy atom. The molecule has 1 aromatic heterocycles. The Bertz CT molecular complexity index is 1420. The number of nitrogens with zero attached hydrogens (tertiary/aromatic N) is 1. The van der Waals surface area contributed by atoms with Gasteiger partial charge in [-0.3, -0.25) is 0 Å². The van der Waals surface area contributed by atoms with Crippen molar-refractivity contribution in [1.82, 2.24) is 4.57 Å². The maximum Gasteiger partial charge on any atom is 0.416 e. The van der Waals surface area contributed by atoms with Crippen LogP contribution in [0.15, 0.2) is 66.9 Å². The number of carbonyl (C=O) groups excluding carboxylic acids is 1. The molecule has 3 aromatic carbocycles. The highest BCUT2D eigenvalue weighted by Crippen LogP contribution is 2.36. The van der Waals surface area contributed by atoms with E-state index >= 15 is 0 Å². The number of fused-ring (bicyclic) bond motifs is 1. The number of aliphatic hydroxyl groups is 1. The molecular formula is C30H30F3NO5. The van der Waals surface area contributed by atoms with Crippen LogP contribution in [0.4, 0.5) is 13.2 Å². The molecule has 0 bridgehead atoms. The van der Waals surface area contributed by atoms with Crippen LogP contribution in [0, 0.1) is 0 Å². The first-order valence-electron chi connectivity index (χ1n) is 12.7. The summed E-state index contributed by atoms with van der Waals surface area (Å²) in [6.07, 6.45) is -1.69. The lowest BCUT2D eigenvalue weighted by Crippen LogP contribution is -2.21. The number of alkyl halides is 3. The van der Waals surface area contributed by atoms with E-state index in [0.717, 1.165) is 30.5 Å². The Morgan fingerprint density at radius 1 is 1.03 bits per heavy atom. The standard InChI is InChI=1S/C30H30F3NO5/c1-2-3-7-19-12-27(36)25(28(37)13-19)17-34-16-21(24-15-22(30(31,32)33)10-11-26(24)34)14-23(35)18-39-29(38)20-8-5-4-6-9-20/h4-6,8-13,15-16,23,35-37H,2-3,7,14,17-18H2,1H3. The molecule has 1 unspecified atom stereocenters. The number of aromatic nitrogens is 1. The summed E-state index contributed by atoms with van der Waals surface area (Å²) in [5.74, 6) is -0.835. The van der Waals surface area contributed by atoms with E-state index in [2.05, 4.69) is 0 Å². The molecule has 1 heterocycles. The zero-order chi connectivity index (χ0) is 28.2. The highest BCUT2D eigenvalue weighted by Gasteiger charge is 2.31. The molecule has 4 rings (SSSR count). The molecule has 39 heavy (non-hydrogen) atoms. The number of ether oxygens (including phenoxy) is 1. The van der Waals surface area contributed by atoms with Gasteiger partial charge in [-0.1, -0.05) is 31.5 Å². The van der Waals surface area contributed by atoms with E-state index in [4.69, 9.17) is 4.74 Å². The zero-order valence-corrected chi connectivity index (χ0v) is 21.4. The fourth-order valence-electron chi connectivity index (χ4n) is 4.54. The van der Waals surface area contributed by atoms with Gasteiger partial charge in [-0.05, 0) is 66.4 Å². The predicted molar refractivity (Wildman–Crippen MR) is 141 cm³/mol. The Kier molecular flexibility index (Phi) is 8.50. The molecule has 0 aliphatic carbocycles. The summed E-state index contributed by atoms with van der Waals surface area (Å²) in [7, 11) is 0. The lowest BCUT2D eigenvalue weighted by molar-refractivity contribution is -0.137. The number of esters is 1. The van der Waals surface area contributed by atoms with Crippen molar-refractivity contribution >= 4 is 16.9 Å². The smallest absolute Gasteiger partial charge is 0.416 e. The van der Waals surface area contributed by atoms with Gasteiger partial charge in [-0.15, -0.1) is 0 Å². The topological polar surface area (TPSA) is 91.9 Å². The summed E-state index contributed by atoms with van der Waals surface area (Å²) in [5, 5.41) is 32.1. The lowest BCUT2D eigenvalue weighted by Gasteiger charge is -2.12. The third-order valence-corrected chi connectivity index (χ3v) is 6.57. The molecule has 0 amide bonds. The van der Waals surface area contributed by atoms with Crippen molar-refractivity contribution < 1.29 is 38.0 Å². The second kappa shape index (κ2) is 11.8. The first-order chi connectivity index (χ1) is 18.6. The summed E-state index contributed by atoms with van der Waals surface area (Å²) >= 11 is 0. The van der Waals surface area contributed by atoms with Gasteiger partial charge in [-0.25, -0.2) is 4.79 Å². The van der Waals surface area contributed by atoms with Crippen molar-refractivity contribution in [3.63, 3.8) is 0 Å². The van der Waals surface area contributed by atoms with Crippen LogP contribution in [-0.4, -0.2) is 38.6 Å². The van der Waals surface area contributed by atoms with Gasteiger partial charge in [0, 0.05) is 23.5 Å². The lowest BCUT2D eigenvalue weighted by atomic mass is 10.0. The number of benzene rings is 3. The number of unbranched alkanes of at least 4 members (excludes halogenated alkanes) is 1. The summed E-state index contributed by atoms with van der Waals surface area (Å²) in [6, 6.07) is 14.7. The van der Waals surface area contributed by atoms with E-state index in [0.29, 0.717) is 23.1 Å². The third kappa shape index (κ3) is 6.72. The van der Waals surface area contributed by atoms with Gasteiger partial charge in [0.05, 0.1) is 29.3 Å². The summed E-state index contributed by atoms with van der Waals surface area (Å²) in [4.78, 5) is 12.2. The number of phenolic OH excluding ortho intramolecular Hbond substituents is 2. The van der Waals surface area contributed by atoms with Gasteiger partial charge in [0.25, 0.3) is 0 Å². The number of phenols is 2.